The van der Waals surface area contributed by atoms with Crippen LogP contribution in [0.3, 0.4) is 0 Å². The number of benzene rings is 2. The minimum atomic E-state index is -1.25. The Hall–Kier alpha value is -3.88. The van der Waals surface area contributed by atoms with Gasteiger partial charge in [-0.3, -0.25) is 14.4 Å². The van der Waals surface area contributed by atoms with E-state index >= 15 is 0 Å². The zero-order valence-electron chi connectivity index (χ0n) is 17.6. The molecule has 0 spiro atoms. The Kier molecular flexibility index (Phi) is 9.22. The number of nitrogens with one attached hydrogen (secondary N) is 2. The van der Waals surface area contributed by atoms with Crippen LogP contribution >= 0.6 is 0 Å². The van der Waals surface area contributed by atoms with Crippen LogP contribution in [0.25, 0.3) is 0 Å². The highest BCUT2D eigenvalue weighted by molar-refractivity contribution is 5.90. The second kappa shape index (κ2) is 12.1. The summed E-state index contributed by atoms with van der Waals surface area (Å²) in [4.78, 5) is 46.2. The van der Waals surface area contributed by atoms with Crippen molar-refractivity contribution in [1.82, 2.24) is 10.6 Å². The summed E-state index contributed by atoms with van der Waals surface area (Å²) in [7, 11) is 0. The molecule has 32 heavy (non-hydrogen) atoms. The second-order valence-corrected chi connectivity index (χ2v) is 7.21. The van der Waals surface area contributed by atoms with Crippen LogP contribution in [0.2, 0.25) is 0 Å². The first kappa shape index (κ1) is 24.4. The molecule has 9 heteroatoms. The summed E-state index contributed by atoms with van der Waals surface area (Å²) in [6.45, 7) is 1.59. The Morgan fingerprint density at radius 3 is 2.09 bits per heavy atom. The third-order valence-electron chi connectivity index (χ3n) is 4.57. The highest BCUT2D eigenvalue weighted by Crippen LogP contribution is 2.15. The molecule has 2 aromatic rings. The minimum absolute atomic E-state index is 0.00571. The summed E-state index contributed by atoms with van der Waals surface area (Å²) in [6.07, 6.45) is -0.493. The number of ether oxygens (including phenoxy) is 1. The first-order valence-electron chi connectivity index (χ1n) is 10.0. The van der Waals surface area contributed by atoms with E-state index in [0.717, 1.165) is 5.56 Å². The molecular weight excluding hydrogens is 416 g/mol. The molecule has 2 rings (SSSR count). The predicted octanol–water partition coefficient (Wildman–Crippen LogP) is 1.75. The van der Waals surface area contributed by atoms with E-state index in [2.05, 4.69) is 10.6 Å². The van der Waals surface area contributed by atoms with Crippen molar-refractivity contribution in [1.29, 1.82) is 0 Å². The summed E-state index contributed by atoms with van der Waals surface area (Å²) in [5, 5.41) is 23.1. The lowest BCUT2D eigenvalue weighted by Crippen LogP contribution is -2.52. The van der Waals surface area contributed by atoms with Gasteiger partial charge < -0.3 is 25.6 Å². The van der Waals surface area contributed by atoms with Crippen molar-refractivity contribution in [2.45, 2.75) is 44.9 Å². The van der Waals surface area contributed by atoms with Gasteiger partial charge in [0.1, 0.15) is 24.4 Å². The van der Waals surface area contributed by atoms with E-state index in [1.807, 2.05) is 30.3 Å². The van der Waals surface area contributed by atoms with Crippen LogP contribution in [0.4, 0.5) is 0 Å². The summed E-state index contributed by atoms with van der Waals surface area (Å²) in [6, 6.07) is 14.1. The highest BCUT2D eigenvalue weighted by atomic mass is 16.5. The Morgan fingerprint density at radius 2 is 1.53 bits per heavy atom. The van der Waals surface area contributed by atoms with Gasteiger partial charge in [0.15, 0.2) is 0 Å². The fourth-order valence-corrected chi connectivity index (χ4v) is 2.95. The number of carbonyl (C=O) groups is 4. The maximum Gasteiger partial charge on any atom is 0.326 e. The van der Waals surface area contributed by atoms with E-state index in [-0.39, 0.29) is 19.3 Å². The molecule has 0 bridgehead atoms. The standard InChI is InChI=1S/C23H26N2O7/c1-15(26)24-19(11-12-21(27)28)22(29)25-20(23(30)31)13-16-7-9-18(10-8-16)32-14-17-5-3-2-4-6-17/h2-10,19-20H,11-14H2,1H3,(H,24,26)(H,25,29)(H,27,28)(H,30,31)/t19-,20-/m0/s1. The largest absolute Gasteiger partial charge is 0.489 e. The van der Waals surface area contributed by atoms with E-state index in [4.69, 9.17) is 9.84 Å². The molecule has 4 N–H and O–H groups in total. The Balaban J connectivity index is 1.97. The lowest BCUT2D eigenvalue weighted by Gasteiger charge is -2.20. The van der Waals surface area contributed by atoms with Gasteiger partial charge in [-0.2, -0.15) is 0 Å². The van der Waals surface area contributed by atoms with E-state index < -0.39 is 35.8 Å². The highest BCUT2D eigenvalue weighted by Gasteiger charge is 2.26. The number of carboxylic acid groups (broad SMARTS) is 2. The molecule has 2 aromatic carbocycles. The van der Waals surface area contributed by atoms with Crippen LogP contribution < -0.4 is 15.4 Å². The van der Waals surface area contributed by atoms with Gasteiger partial charge in [-0.05, 0) is 29.7 Å². The van der Waals surface area contributed by atoms with E-state index in [1.165, 1.54) is 6.92 Å². The van der Waals surface area contributed by atoms with Crippen LogP contribution in [0.15, 0.2) is 54.6 Å². The Labute approximate surface area is 185 Å². The SMILES string of the molecule is CC(=O)N[C@@H](CCC(=O)O)C(=O)N[C@@H](Cc1ccc(OCc2ccccc2)cc1)C(=O)O. The zero-order valence-corrected chi connectivity index (χ0v) is 17.6. The molecule has 0 aliphatic rings. The number of rotatable bonds is 12. The molecular formula is C23H26N2O7. The summed E-state index contributed by atoms with van der Waals surface area (Å²) in [5.74, 6) is -3.03. The first-order valence-corrected chi connectivity index (χ1v) is 10.0. The van der Waals surface area contributed by atoms with Crippen molar-refractivity contribution in [2.24, 2.45) is 0 Å². The number of amides is 2. The average Bonchev–Trinajstić information content (AvgIpc) is 2.75. The van der Waals surface area contributed by atoms with Gasteiger partial charge in [-0.1, -0.05) is 42.5 Å². The number of hydrogen-bond donors (Lipinski definition) is 4. The number of hydrogen-bond acceptors (Lipinski definition) is 5. The molecule has 170 valence electrons. The molecule has 2 atom stereocenters. The van der Waals surface area contributed by atoms with Gasteiger partial charge in [0.05, 0.1) is 0 Å². The van der Waals surface area contributed by atoms with Crippen LogP contribution in [-0.2, 0) is 32.2 Å². The number of carbonyl (C=O) groups excluding carboxylic acids is 2. The molecule has 0 saturated heterocycles. The summed E-state index contributed by atoms with van der Waals surface area (Å²) < 4.78 is 5.70. The average molecular weight is 442 g/mol. The Morgan fingerprint density at radius 1 is 0.875 bits per heavy atom. The van der Waals surface area contributed by atoms with Crippen molar-refractivity contribution in [2.75, 3.05) is 0 Å². The van der Waals surface area contributed by atoms with Gasteiger partial charge in [-0.15, -0.1) is 0 Å². The van der Waals surface area contributed by atoms with Crippen LogP contribution in [0.5, 0.6) is 5.75 Å². The third-order valence-corrected chi connectivity index (χ3v) is 4.57. The van der Waals surface area contributed by atoms with E-state index in [0.29, 0.717) is 17.9 Å². The zero-order chi connectivity index (χ0) is 23.5. The van der Waals surface area contributed by atoms with Crippen LogP contribution in [0, 0.1) is 0 Å². The van der Waals surface area contributed by atoms with Crippen molar-refractivity contribution in [3.8, 4) is 5.75 Å². The molecule has 9 nitrogen and oxygen atoms in total. The quantitative estimate of drug-likeness (QED) is 0.392. The molecule has 0 fully saturated rings. The summed E-state index contributed by atoms with van der Waals surface area (Å²) in [5.41, 5.74) is 1.67. The molecule has 0 unspecified atom stereocenters. The first-order chi connectivity index (χ1) is 15.2. The van der Waals surface area contributed by atoms with Crippen molar-refractivity contribution >= 4 is 23.8 Å². The van der Waals surface area contributed by atoms with Gasteiger partial charge in [0, 0.05) is 19.8 Å². The van der Waals surface area contributed by atoms with Crippen LogP contribution in [-0.4, -0.2) is 46.0 Å². The van der Waals surface area contributed by atoms with Crippen molar-refractivity contribution in [3.05, 3.63) is 65.7 Å². The molecule has 0 saturated carbocycles. The molecule has 0 aliphatic heterocycles. The van der Waals surface area contributed by atoms with Crippen molar-refractivity contribution < 1.29 is 34.1 Å². The predicted molar refractivity (Wildman–Crippen MR) is 115 cm³/mol. The molecule has 0 aromatic heterocycles. The lowest BCUT2D eigenvalue weighted by molar-refractivity contribution is -0.142. The monoisotopic (exact) mass is 442 g/mol. The van der Waals surface area contributed by atoms with Gasteiger partial charge in [0.2, 0.25) is 11.8 Å². The van der Waals surface area contributed by atoms with E-state index in [1.54, 1.807) is 24.3 Å². The number of carboxylic acids is 2. The molecule has 0 heterocycles. The van der Waals surface area contributed by atoms with Gasteiger partial charge >= 0.3 is 11.9 Å². The minimum Gasteiger partial charge on any atom is -0.489 e. The maximum absolute atomic E-state index is 12.5. The van der Waals surface area contributed by atoms with E-state index in [9.17, 15) is 24.3 Å². The molecule has 0 aliphatic carbocycles. The smallest absolute Gasteiger partial charge is 0.326 e. The third kappa shape index (κ3) is 8.47. The Bertz CT molecular complexity index is 929. The maximum atomic E-state index is 12.5. The summed E-state index contributed by atoms with van der Waals surface area (Å²) >= 11 is 0. The second-order valence-electron chi connectivity index (χ2n) is 7.21. The van der Waals surface area contributed by atoms with Crippen molar-refractivity contribution in [3.63, 3.8) is 0 Å². The fraction of sp³-hybridized carbons (Fsp3) is 0.304. The fourth-order valence-electron chi connectivity index (χ4n) is 2.95. The normalized spacial score (nSPS) is 12.3. The molecule has 2 amide bonds. The number of aliphatic carboxylic acids is 2. The molecule has 0 radical (unpaired) electrons. The van der Waals surface area contributed by atoms with Gasteiger partial charge in [-0.25, -0.2) is 4.79 Å². The lowest BCUT2D eigenvalue weighted by atomic mass is 10.0. The van der Waals surface area contributed by atoms with Gasteiger partial charge in [0.25, 0.3) is 0 Å². The topological polar surface area (TPSA) is 142 Å². The van der Waals surface area contributed by atoms with Crippen LogP contribution in [0.1, 0.15) is 30.9 Å².